The summed E-state index contributed by atoms with van der Waals surface area (Å²) >= 11 is 6.76. The Hall–Kier alpha value is -3.51. The lowest BCUT2D eigenvalue weighted by atomic mass is 9.99. The van der Waals surface area contributed by atoms with Gasteiger partial charge in [0.05, 0.1) is 37.0 Å². The fourth-order valence-corrected chi connectivity index (χ4v) is 6.96. The largest absolute Gasteiger partial charge is 0.378 e. The van der Waals surface area contributed by atoms with Crippen LogP contribution in [-0.2, 0) is 32.2 Å². The van der Waals surface area contributed by atoms with E-state index in [0.717, 1.165) is 29.9 Å². The summed E-state index contributed by atoms with van der Waals surface area (Å²) < 4.78 is 11.6. The maximum atomic E-state index is 14.3. The Labute approximate surface area is 262 Å². The van der Waals surface area contributed by atoms with E-state index in [4.69, 9.17) is 21.1 Å². The van der Waals surface area contributed by atoms with Crippen LogP contribution in [0.2, 0.25) is 5.02 Å². The quantitative estimate of drug-likeness (QED) is 0.368. The summed E-state index contributed by atoms with van der Waals surface area (Å²) in [7, 11) is 1.96. The van der Waals surface area contributed by atoms with Crippen LogP contribution in [0.1, 0.15) is 22.7 Å². The first-order valence-corrected chi connectivity index (χ1v) is 15.5. The number of anilines is 1. The minimum Gasteiger partial charge on any atom is -0.378 e. The predicted octanol–water partition coefficient (Wildman–Crippen LogP) is 3.05. The maximum Gasteiger partial charge on any atom is 0.250 e. The molecule has 7 rings (SSSR count). The number of likely N-dealkylation sites (N-methyl/N-ethyl adjacent to an activating group) is 1. The Kier molecular flexibility index (Phi) is 8.28. The van der Waals surface area contributed by atoms with Crippen molar-refractivity contribution in [3.63, 3.8) is 0 Å². The van der Waals surface area contributed by atoms with E-state index in [0.29, 0.717) is 37.9 Å². The van der Waals surface area contributed by atoms with E-state index in [2.05, 4.69) is 22.3 Å². The molecule has 4 aliphatic rings. The number of para-hydroxylation sites is 1. The fraction of sp³-hybridized carbons (Fsp3) is 0.394. The maximum absolute atomic E-state index is 14.3. The first-order chi connectivity index (χ1) is 21.5. The van der Waals surface area contributed by atoms with Crippen LogP contribution >= 0.6 is 11.6 Å². The number of hydrogen-bond acceptors (Lipinski definition) is 8. The van der Waals surface area contributed by atoms with Crippen molar-refractivity contribution in [2.24, 2.45) is 0 Å². The Bertz CT molecular complexity index is 1490. The summed E-state index contributed by atoms with van der Waals surface area (Å²) in [5, 5.41) is 8.18. The van der Waals surface area contributed by atoms with Gasteiger partial charge in [0.25, 0.3) is 5.91 Å². The number of rotatable bonds is 9. The van der Waals surface area contributed by atoms with Crippen molar-refractivity contribution in [1.29, 1.82) is 0 Å². The second kappa shape index (κ2) is 12.5. The molecule has 10 nitrogen and oxygen atoms in total. The molecule has 2 amide bonds. The summed E-state index contributed by atoms with van der Waals surface area (Å²) in [5.41, 5.74) is 3.90. The molecular weight excluding hydrogens is 580 g/mol. The zero-order valence-corrected chi connectivity index (χ0v) is 25.5. The summed E-state index contributed by atoms with van der Waals surface area (Å²) in [4.78, 5) is 33.8. The van der Waals surface area contributed by atoms with Crippen molar-refractivity contribution in [3.05, 3.63) is 101 Å². The zero-order chi connectivity index (χ0) is 30.2. The third kappa shape index (κ3) is 5.69. The Morgan fingerprint density at radius 2 is 1.68 bits per heavy atom. The molecule has 4 saturated heterocycles. The molecule has 4 atom stereocenters. The lowest BCUT2D eigenvalue weighted by Gasteiger charge is -2.46. The smallest absolute Gasteiger partial charge is 0.250 e. The standard InChI is InChI=1S/C33H37ClN6O4/c1-36(33-31(44-33)35-19-23-9-4-2-5-10-23)39-22-28(41)40-27(39)21-38(32(42)30(40)24-11-6-3-7-12-24)20-25-13-8-14-26(34)29(25)37-15-17-43-18-16-37/h2-14,27,30-31,33,35H,15-22H2,1H3/t27-,30+,31?,33?/m1/s1. The molecule has 0 bridgehead atoms. The normalized spacial score (nSPS) is 25.6. The molecule has 0 aromatic heterocycles. The number of ether oxygens (including phenoxy) is 2. The van der Waals surface area contributed by atoms with E-state index < -0.39 is 6.04 Å². The Balaban J connectivity index is 1.14. The number of amides is 2. The Morgan fingerprint density at radius 3 is 2.43 bits per heavy atom. The van der Waals surface area contributed by atoms with E-state index in [-0.39, 0.29) is 37.0 Å². The van der Waals surface area contributed by atoms with Gasteiger partial charge in [0.1, 0.15) is 12.2 Å². The molecule has 2 unspecified atom stereocenters. The van der Waals surface area contributed by atoms with Crippen LogP contribution in [0.25, 0.3) is 0 Å². The van der Waals surface area contributed by atoms with Crippen LogP contribution in [0.15, 0.2) is 78.9 Å². The van der Waals surface area contributed by atoms with E-state index >= 15 is 0 Å². The van der Waals surface area contributed by atoms with Crippen LogP contribution in [-0.4, -0.2) is 96.7 Å². The summed E-state index contributed by atoms with van der Waals surface area (Å²) in [6.07, 6.45) is -0.716. The molecule has 11 heteroatoms. The average Bonchev–Trinajstić information content (AvgIpc) is 3.77. The number of carbonyl (C=O) groups is 2. The number of nitrogens with zero attached hydrogens (tertiary/aromatic N) is 5. The van der Waals surface area contributed by atoms with E-state index in [1.165, 1.54) is 5.56 Å². The second-order valence-electron chi connectivity index (χ2n) is 11.6. The van der Waals surface area contributed by atoms with Gasteiger partial charge in [-0.05, 0) is 22.8 Å². The molecule has 0 spiro atoms. The van der Waals surface area contributed by atoms with Crippen LogP contribution < -0.4 is 10.2 Å². The van der Waals surface area contributed by atoms with Crippen LogP contribution in [0, 0.1) is 0 Å². The molecule has 4 heterocycles. The molecule has 0 saturated carbocycles. The number of nitrogens with one attached hydrogen (secondary N) is 1. The zero-order valence-electron chi connectivity index (χ0n) is 24.7. The molecule has 3 aromatic rings. The Morgan fingerprint density at radius 1 is 0.955 bits per heavy atom. The summed E-state index contributed by atoms with van der Waals surface area (Å²) in [6, 6.07) is 24.9. The molecule has 1 N–H and O–H groups in total. The molecular formula is C33H37ClN6O4. The lowest BCUT2D eigenvalue weighted by molar-refractivity contribution is -0.161. The van der Waals surface area contributed by atoms with Crippen molar-refractivity contribution in [2.75, 3.05) is 51.3 Å². The van der Waals surface area contributed by atoms with Gasteiger partial charge < -0.3 is 24.2 Å². The average molecular weight is 617 g/mol. The topological polar surface area (TPSA) is 84.1 Å². The molecule has 3 aromatic carbocycles. The third-order valence-electron chi connectivity index (χ3n) is 8.92. The van der Waals surface area contributed by atoms with Crippen molar-refractivity contribution in [3.8, 4) is 0 Å². The first-order valence-electron chi connectivity index (χ1n) is 15.2. The molecule has 4 fully saturated rings. The fourth-order valence-electron chi connectivity index (χ4n) is 6.65. The van der Waals surface area contributed by atoms with Gasteiger partial charge in [0.15, 0.2) is 12.5 Å². The molecule has 44 heavy (non-hydrogen) atoms. The molecule has 230 valence electrons. The van der Waals surface area contributed by atoms with Gasteiger partial charge in [-0.15, -0.1) is 0 Å². The SMILES string of the molecule is CN(C1OC1NCc1ccccc1)N1CC(=O)N2[C@@H](c3ccccc3)C(=O)N(Cc3cccc(Cl)c3N3CCOCC3)C[C@@H]21. The number of halogens is 1. The van der Waals surface area contributed by atoms with Gasteiger partial charge in [0, 0.05) is 33.2 Å². The van der Waals surface area contributed by atoms with Gasteiger partial charge in [0.2, 0.25) is 5.91 Å². The first kappa shape index (κ1) is 29.2. The number of epoxide rings is 1. The summed E-state index contributed by atoms with van der Waals surface area (Å²) in [6.45, 7) is 4.35. The van der Waals surface area contributed by atoms with Crippen molar-refractivity contribution >= 4 is 29.1 Å². The van der Waals surface area contributed by atoms with E-state index in [9.17, 15) is 9.59 Å². The van der Waals surface area contributed by atoms with E-state index in [1.807, 2.05) is 88.7 Å². The highest BCUT2D eigenvalue weighted by atomic mass is 35.5. The number of hydrazine groups is 1. The number of fused-ring (bicyclic) bond motifs is 1. The molecule has 0 radical (unpaired) electrons. The highest BCUT2D eigenvalue weighted by Gasteiger charge is 2.55. The number of piperazine rings is 1. The predicted molar refractivity (Wildman–Crippen MR) is 166 cm³/mol. The number of carbonyl (C=O) groups excluding carboxylic acids is 2. The van der Waals surface area contributed by atoms with Gasteiger partial charge in [-0.1, -0.05) is 84.4 Å². The molecule has 0 aliphatic carbocycles. The van der Waals surface area contributed by atoms with Crippen molar-refractivity contribution in [1.82, 2.24) is 25.1 Å². The highest BCUT2D eigenvalue weighted by Crippen LogP contribution is 2.39. The van der Waals surface area contributed by atoms with Gasteiger partial charge in [-0.25, -0.2) is 10.0 Å². The molecule has 4 aliphatic heterocycles. The number of benzene rings is 3. The minimum atomic E-state index is -0.723. The highest BCUT2D eigenvalue weighted by molar-refractivity contribution is 6.33. The van der Waals surface area contributed by atoms with Crippen molar-refractivity contribution in [2.45, 2.75) is 37.8 Å². The van der Waals surface area contributed by atoms with Crippen LogP contribution in [0.5, 0.6) is 0 Å². The monoisotopic (exact) mass is 616 g/mol. The van der Waals surface area contributed by atoms with Crippen molar-refractivity contribution < 1.29 is 19.1 Å². The minimum absolute atomic E-state index is 0.0742. The summed E-state index contributed by atoms with van der Waals surface area (Å²) in [5.74, 6) is -0.168. The van der Waals surface area contributed by atoms with Crippen LogP contribution in [0.3, 0.4) is 0 Å². The van der Waals surface area contributed by atoms with Gasteiger partial charge >= 0.3 is 0 Å². The second-order valence-corrected chi connectivity index (χ2v) is 12.1. The number of morpholine rings is 1. The number of hydrogen-bond donors (Lipinski definition) is 1. The van der Waals surface area contributed by atoms with Gasteiger partial charge in [-0.3, -0.25) is 14.9 Å². The van der Waals surface area contributed by atoms with E-state index in [1.54, 1.807) is 4.90 Å². The van der Waals surface area contributed by atoms with Crippen LogP contribution in [0.4, 0.5) is 5.69 Å². The lowest BCUT2D eigenvalue weighted by Crippen LogP contribution is -2.61. The van der Waals surface area contributed by atoms with Gasteiger partial charge in [-0.2, -0.15) is 0 Å². The third-order valence-corrected chi connectivity index (χ3v) is 9.23.